The molecule has 7 nitrogen and oxygen atoms in total. The van der Waals surface area contributed by atoms with Crippen molar-refractivity contribution in [3.8, 4) is 11.5 Å². The number of carbonyl (C=O) groups is 2. The van der Waals surface area contributed by atoms with Crippen LogP contribution in [0.4, 0.5) is 0 Å². The van der Waals surface area contributed by atoms with Gasteiger partial charge in [-0.25, -0.2) is 0 Å². The Morgan fingerprint density at radius 2 is 0.705 bits per heavy atom. The van der Waals surface area contributed by atoms with Crippen molar-refractivity contribution >= 4 is 19.8 Å². The first-order chi connectivity index (χ1) is 19.4. The third kappa shape index (κ3) is 8.35. The zero-order valence-corrected chi connectivity index (χ0v) is 30.6. The first-order valence-corrected chi connectivity index (χ1v) is 16.2. The van der Waals surface area contributed by atoms with Crippen molar-refractivity contribution in [3.63, 3.8) is 0 Å². The molecule has 0 radical (unpaired) electrons. The first-order valence-electron chi connectivity index (χ1n) is 15.1. The van der Waals surface area contributed by atoms with E-state index >= 15 is 0 Å². The highest BCUT2D eigenvalue weighted by atomic mass is 31.1. The molecule has 44 heavy (non-hydrogen) atoms. The SMILES string of the molecule is CC(C)(O[P+](=O)OC(C)(C)C(=O)c1cc(C(C)(C)C)c(O)c(C(C)(C)C)c1)C(=O)c1cc(C(C)(C)C)c(O)c(C(C)(C)C)c1. The third-order valence-corrected chi connectivity index (χ3v) is 8.89. The van der Waals surface area contributed by atoms with Gasteiger partial charge < -0.3 is 10.2 Å². The van der Waals surface area contributed by atoms with E-state index in [1.165, 1.54) is 27.7 Å². The van der Waals surface area contributed by atoms with E-state index in [0.29, 0.717) is 33.4 Å². The number of phenols is 2. The molecule has 2 N–H and O–H groups in total. The van der Waals surface area contributed by atoms with E-state index in [-0.39, 0.29) is 11.5 Å². The van der Waals surface area contributed by atoms with E-state index in [2.05, 4.69) is 0 Å². The lowest BCUT2D eigenvalue weighted by molar-refractivity contribution is 0.0343. The zero-order valence-electron chi connectivity index (χ0n) is 29.7. The fourth-order valence-corrected chi connectivity index (χ4v) is 5.94. The number of ketones is 2. The predicted molar refractivity (Wildman–Crippen MR) is 178 cm³/mol. The number of hydrogen-bond donors (Lipinski definition) is 2. The minimum atomic E-state index is -2.93. The number of carbonyl (C=O) groups excluding carboxylic acids is 2. The molecule has 0 aromatic heterocycles. The molecule has 2 aromatic rings. The Bertz CT molecular complexity index is 1270. The summed E-state index contributed by atoms with van der Waals surface area (Å²) in [5.74, 6) is -0.581. The second kappa shape index (κ2) is 12.0. The van der Waals surface area contributed by atoms with Crippen LogP contribution in [0.5, 0.6) is 11.5 Å². The summed E-state index contributed by atoms with van der Waals surface area (Å²) in [5.41, 5.74) is -1.83. The van der Waals surface area contributed by atoms with Gasteiger partial charge in [-0.05, 0) is 73.6 Å². The van der Waals surface area contributed by atoms with Crippen molar-refractivity contribution in [2.75, 3.05) is 0 Å². The van der Waals surface area contributed by atoms with Gasteiger partial charge in [-0.2, -0.15) is 0 Å². The third-order valence-electron chi connectivity index (χ3n) is 7.68. The molecule has 2 aromatic carbocycles. The summed E-state index contributed by atoms with van der Waals surface area (Å²) in [6, 6.07) is 6.63. The Kier molecular flexibility index (Phi) is 10.2. The van der Waals surface area contributed by atoms with Gasteiger partial charge in [0.1, 0.15) is 11.5 Å². The molecule has 0 amide bonds. The summed E-state index contributed by atoms with van der Waals surface area (Å²) in [5, 5.41) is 22.1. The van der Waals surface area contributed by atoms with Crippen LogP contribution in [-0.2, 0) is 35.3 Å². The summed E-state index contributed by atoms with van der Waals surface area (Å²) in [6.07, 6.45) is 0. The summed E-state index contributed by atoms with van der Waals surface area (Å²) in [7, 11) is -2.93. The second-order valence-electron chi connectivity index (χ2n) is 16.9. The number of phenolic OH excluding ortho intramolecular Hbond substituents is 2. The van der Waals surface area contributed by atoms with Crippen LogP contribution in [-0.4, -0.2) is 33.0 Å². The summed E-state index contributed by atoms with van der Waals surface area (Å²) in [6.45, 7) is 29.5. The fraction of sp³-hybridized carbons (Fsp3) is 0.611. The number of hydrogen-bond acceptors (Lipinski definition) is 7. The molecule has 0 atom stereocenters. The van der Waals surface area contributed by atoms with Crippen LogP contribution in [0.25, 0.3) is 0 Å². The van der Waals surface area contributed by atoms with Gasteiger partial charge >= 0.3 is 8.25 Å². The molecular formula is C36H54O7P+. The Labute approximate surface area is 265 Å². The molecule has 0 saturated carbocycles. The smallest absolute Gasteiger partial charge is 0.507 e. The summed E-state index contributed by atoms with van der Waals surface area (Å²) in [4.78, 5) is 27.6. The largest absolute Gasteiger partial charge is 0.699 e. The normalized spacial score (nSPS) is 13.6. The van der Waals surface area contributed by atoms with Crippen molar-refractivity contribution < 1.29 is 33.4 Å². The lowest BCUT2D eigenvalue weighted by Gasteiger charge is -2.29. The highest BCUT2D eigenvalue weighted by molar-refractivity contribution is 7.33. The molecule has 0 aliphatic rings. The van der Waals surface area contributed by atoms with Crippen LogP contribution in [0.2, 0.25) is 0 Å². The highest BCUT2D eigenvalue weighted by Gasteiger charge is 2.47. The number of rotatable bonds is 8. The van der Waals surface area contributed by atoms with E-state index < -0.39 is 52.7 Å². The predicted octanol–water partition coefficient (Wildman–Crippen LogP) is 9.60. The van der Waals surface area contributed by atoms with Crippen molar-refractivity contribution in [2.24, 2.45) is 0 Å². The minimum Gasteiger partial charge on any atom is -0.507 e. The molecule has 0 unspecified atom stereocenters. The van der Waals surface area contributed by atoms with E-state index in [1.807, 2.05) is 83.1 Å². The maximum absolute atomic E-state index is 13.8. The molecule has 0 spiro atoms. The fourth-order valence-electron chi connectivity index (χ4n) is 4.99. The summed E-state index contributed by atoms with van der Waals surface area (Å²) >= 11 is 0. The van der Waals surface area contributed by atoms with Gasteiger partial charge in [0, 0.05) is 37.9 Å². The summed E-state index contributed by atoms with van der Waals surface area (Å²) < 4.78 is 24.7. The van der Waals surface area contributed by atoms with Crippen molar-refractivity contribution in [3.05, 3.63) is 57.6 Å². The van der Waals surface area contributed by atoms with E-state index in [4.69, 9.17) is 9.05 Å². The van der Waals surface area contributed by atoms with Gasteiger partial charge in [0.25, 0.3) is 0 Å². The Hall–Kier alpha value is -2.60. The number of aromatic hydroxyl groups is 2. The number of Topliss-reactive ketones (excluding diaryl/α,β-unsaturated/α-hetero) is 2. The van der Waals surface area contributed by atoms with Crippen molar-refractivity contribution in [1.82, 2.24) is 0 Å². The quantitative estimate of drug-likeness (QED) is 0.221. The molecule has 0 aliphatic carbocycles. The Morgan fingerprint density at radius 3 is 0.886 bits per heavy atom. The van der Waals surface area contributed by atoms with Gasteiger partial charge in [0.2, 0.25) is 0 Å². The zero-order chi connectivity index (χ0) is 34.6. The van der Waals surface area contributed by atoms with Crippen molar-refractivity contribution in [1.29, 1.82) is 0 Å². The maximum atomic E-state index is 13.8. The second-order valence-corrected chi connectivity index (χ2v) is 17.7. The van der Waals surface area contributed by atoms with E-state index in [0.717, 1.165) is 0 Å². The first kappa shape index (κ1) is 37.6. The average Bonchev–Trinajstić information content (AvgIpc) is 2.79. The average molecular weight is 630 g/mol. The van der Waals surface area contributed by atoms with Gasteiger partial charge in [0.05, 0.1) is 0 Å². The van der Waals surface area contributed by atoms with Crippen LogP contribution in [0, 0.1) is 0 Å². The van der Waals surface area contributed by atoms with Gasteiger partial charge in [-0.15, -0.1) is 9.05 Å². The lowest BCUT2D eigenvalue weighted by Crippen LogP contribution is -2.37. The molecule has 0 aliphatic heterocycles. The number of benzene rings is 2. The van der Waals surface area contributed by atoms with Gasteiger partial charge in [0.15, 0.2) is 22.8 Å². The lowest BCUT2D eigenvalue weighted by atomic mass is 9.77. The topological polar surface area (TPSA) is 110 Å². The molecule has 0 saturated heterocycles. The molecule has 0 heterocycles. The molecule has 2 rings (SSSR count). The van der Waals surface area contributed by atoms with Gasteiger partial charge in [-0.3, -0.25) is 9.59 Å². The molecule has 0 fully saturated rings. The van der Waals surface area contributed by atoms with Gasteiger partial charge in [-0.1, -0.05) is 83.1 Å². The van der Waals surface area contributed by atoms with E-state index in [1.54, 1.807) is 24.3 Å². The van der Waals surface area contributed by atoms with Crippen LogP contribution >= 0.6 is 8.25 Å². The molecule has 0 bridgehead atoms. The standard InChI is InChI=1S/C36H53O7P/c1-31(2,3)23-17-21(18-24(27(23)37)32(4,5)6)29(39)35(13,14)42-44(41)43-36(15,16)30(40)22-19-25(33(7,8)9)28(38)26(20-22)34(10,11)12/h17-20H,1-16H3,(H-,37,38,39,40)/p+1. The van der Waals surface area contributed by atoms with Crippen molar-refractivity contribution in [2.45, 2.75) is 144 Å². The Balaban J connectivity index is 2.45. The van der Waals surface area contributed by atoms with Crippen LogP contribution in [0.1, 0.15) is 154 Å². The Morgan fingerprint density at radius 1 is 0.500 bits per heavy atom. The van der Waals surface area contributed by atoms with E-state index in [9.17, 15) is 24.4 Å². The molecular weight excluding hydrogens is 575 g/mol. The monoisotopic (exact) mass is 629 g/mol. The highest BCUT2D eigenvalue weighted by Crippen LogP contribution is 2.44. The maximum Gasteiger partial charge on any atom is 0.699 e. The molecule has 8 heteroatoms. The minimum absolute atomic E-state index is 0.147. The van der Waals surface area contributed by atoms with Crippen LogP contribution in [0.3, 0.4) is 0 Å². The van der Waals surface area contributed by atoms with Crippen LogP contribution < -0.4 is 0 Å². The molecule has 244 valence electrons. The van der Waals surface area contributed by atoms with Crippen LogP contribution in [0.15, 0.2) is 24.3 Å².